The third-order valence-electron chi connectivity index (χ3n) is 2.50. The fourth-order valence-electron chi connectivity index (χ4n) is 1.62. The molecule has 1 aromatic heterocycles. The highest BCUT2D eigenvalue weighted by molar-refractivity contribution is 6.30. The molecule has 4 nitrogen and oxygen atoms in total. The minimum atomic E-state index is -1.15. The molecule has 0 atom stereocenters. The van der Waals surface area contributed by atoms with E-state index in [1.54, 1.807) is 0 Å². The van der Waals surface area contributed by atoms with Gasteiger partial charge in [-0.25, -0.2) is 9.18 Å². The lowest BCUT2D eigenvalue weighted by molar-refractivity contribution is 0.0697. The van der Waals surface area contributed by atoms with Crippen LogP contribution in [0.5, 0.6) is 0 Å². The van der Waals surface area contributed by atoms with Crippen LogP contribution in [0.3, 0.4) is 0 Å². The second kappa shape index (κ2) is 4.78. The Morgan fingerprint density at radius 2 is 2.28 bits per heavy atom. The van der Waals surface area contributed by atoms with Gasteiger partial charge in [-0.1, -0.05) is 11.6 Å². The van der Waals surface area contributed by atoms with Crippen molar-refractivity contribution in [2.24, 2.45) is 0 Å². The van der Waals surface area contributed by atoms with Crippen molar-refractivity contribution in [3.8, 4) is 11.3 Å². The smallest absolute Gasteiger partial charge is 0.339 e. The van der Waals surface area contributed by atoms with Crippen molar-refractivity contribution in [1.29, 1.82) is 0 Å². The predicted molar refractivity (Wildman–Crippen MR) is 65.3 cm³/mol. The van der Waals surface area contributed by atoms with Gasteiger partial charge in [0.15, 0.2) is 0 Å². The molecule has 0 amide bonds. The van der Waals surface area contributed by atoms with Crippen molar-refractivity contribution in [1.82, 2.24) is 9.78 Å². The van der Waals surface area contributed by atoms with E-state index in [1.807, 2.05) is 6.92 Å². The minimum Gasteiger partial charge on any atom is -0.478 e. The number of aromatic carboxylic acids is 1. The number of hydrogen-bond donors (Lipinski definition) is 1. The predicted octanol–water partition coefficient (Wildman–Crippen LogP) is 3.06. The van der Waals surface area contributed by atoms with Crippen LogP contribution in [0.2, 0.25) is 5.02 Å². The number of aromatic nitrogens is 2. The van der Waals surface area contributed by atoms with Crippen LogP contribution >= 0.6 is 11.6 Å². The molecule has 1 N–H and O–H groups in total. The number of rotatable bonds is 3. The lowest BCUT2D eigenvalue weighted by Gasteiger charge is -2.01. The standard InChI is InChI=1S/C12H10ClFN2O2/c1-2-16-6-9(12(17)18)11(15-16)8-5-7(13)3-4-10(8)14/h3-6H,2H2,1H3,(H,17,18). The van der Waals surface area contributed by atoms with Gasteiger partial charge in [0.1, 0.15) is 17.1 Å². The molecule has 0 aliphatic carbocycles. The fraction of sp³-hybridized carbons (Fsp3) is 0.167. The topological polar surface area (TPSA) is 55.1 Å². The van der Waals surface area contributed by atoms with E-state index in [0.717, 1.165) is 0 Å². The lowest BCUT2D eigenvalue weighted by atomic mass is 10.1. The van der Waals surface area contributed by atoms with Crippen LogP contribution in [0.15, 0.2) is 24.4 Å². The Hall–Kier alpha value is -1.88. The van der Waals surface area contributed by atoms with Crippen molar-refractivity contribution in [3.63, 3.8) is 0 Å². The summed E-state index contributed by atoms with van der Waals surface area (Å²) in [5.74, 6) is -1.70. The van der Waals surface area contributed by atoms with E-state index in [-0.39, 0.29) is 16.8 Å². The molecule has 0 saturated heterocycles. The second-order valence-corrected chi connectivity index (χ2v) is 4.11. The summed E-state index contributed by atoms with van der Waals surface area (Å²) in [4.78, 5) is 11.1. The van der Waals surface area contributed by atoms with E-state index >= 15 is 0 Å². The quantitative estimate of drug-likeness (QED) is 0.931. The molecule has 94 valence electrons. The minimum absolute atomic E-state index is 0.0435. The van der Waals surface area contributed by atoms with Crippen LogP contribution in [-0.4, -0.2) is 20.9 Å². The van der Waals surface area contributed by atoms with Crippen molar-refractivity contribution in [3.05, 3.63) is 40.8 Å². The number of halogens is 2. The van der Waals surface area contributed by atoms with Crippen LogP contribution in [0.1, 0.15) is 17.3 Å². The summed E-state index contributed by atoms with van der Waals surface area (Å²) in [7, 11) is 0. The van der Waals surface area contributed by atoms with Gasteiger partial charge in [0.05, 0.1) is 0 Å². The molecule has 18 heavy (non-hydrogen) atoms. The van der Waals surface area contributed by atoms with E-state index in [2.05, 4.69) is 5.10 Å². The number of aryl methyl sites for hydroxylation is 1. The number of carbonyl (C=O) groups is 1. The lowest BCUT2D eigenvalue weighted by Crippen LogP contribution is -1.98. The van der Waals surface area contributed by atoms with Crippen molar-refractivity contribution >= 4 is 17.6 Å². The largest absolute Gasteiger partial charge is 0.478 e. The zero-order valence-electron chi connectivity index (χ0n) is 9.52. The van der Waals surface area contributed by atoms with Gasteiger partial charge in [0.25, 0.3) is 0 Å². The van der Waals surface area contributed by atoms with Crippen molar-refractivity contribution in [2.75, 3.05) is 0 Å². The number of carboxylic acids is 1. The van der Waals surface area contributed by atoms with Crippen molar-refractivity contribution < 1.29 is 14.3 Å². The van der Waals surface area contributed by atoms with Gasteiger partial charge in [-0.3, -0.25) is 4.68 Å². The molecular formula is C12H10ClFN2O2. The first-order chi connectivity index (χ1) is 8.52. The molecule has 0 aliphatic heterocycles. The maximum absolute atomic E-state index is 13.7. The molecule has 6 heteroatoms. The molecule has 1 aromatic carbocycles. The Morgan fingerprint density at radius 3 is 2.89 bits per heavy atom. The zero-order valence-corrected chi connectivity index (χ0v) is 10.3. The highest BCUT2D eigenvalue weighted by Crippen LogP contribution is 2.27. The first kappa shape index (κ1) is 12.6. The third kappa shape index (κ3) is 2.22. The highest BCUT2D eigenvalue weighted by atomic mass is 35.5. The first-order valence-corrected chi connectivity index (χ1v) is 5.67. The van der Waals surface area contributed by atoms with Gasteiger partial charge in [-0.2, -0.15) is 5.10 Å². The molecule has 0 radical (unpaired) electrons. The Balaban J connectivity index is 2.65. The van der Waals surface area contributed by atoms with Crippen LogP contribution in [0.4, 0.5) is 4.39 Å². The number of benzene rings is 1. The normalized spacial score (nSPS) is 10.6. The summed E-state index contributed by atoms with van der Waals surface area (Å²) in [6.07, 6.45) is 1.37. The van der Waals surface area contributed by atoms with Gasteiger partial charge >= 0.3 is 5.97 Å². The van der Waals surface area contributed by atoms with E-state index in [4.69, 9.17) is 16.7 Å². The average molecular weight is 269 g/mol. The number of nitrogens with zero attached hydrogens (tertiary/aromatic N) is 2. The second-order valence-electron chi connectivity index (χ2n) is 3.68. The SMILES string of the molecule is CCn1cc(C(=O)O)c(-c2cc(Cl)ccc2F)n1. The van der Waals surface area contributed by atoms with E-state index in [0.29, 0.717) is 11.6 Å². The molecule has 0 spiro atoms. The third-order valence-corrected chi connectivity index (χ3v) is 2.73. The molecule has 1 heterocycles. The van der Waals surface area contributed by atoms with Gasteiger partial charge in [-0.05, 0) is 25.1 Å². The molecular weight excluding hydrogens is 259 g/mol. The number of carboxylic acid groups (broad SMARTS) is 1. The van der Waals surface area contributed by atoms with Gasteiger partial charge < -0.3 is 5.11 Å². The van der Waals surface area contributed by atoms with Gasteiger partial charge in [0, 0.05) is 23.3 Å². The van der Waals surface area contributed by atoms with E-state index in [1.165, 1.54) is 29.1 Å². The summed E-state index contributed by atoms with van der Waals surface area (Å²) in [5, 5.41) is 13.5. The van der Waals surface area contributed by atoms with Gasteiger partial charge in [0.2, 0.25) is 0 Å². The summed E-state index contributed by atoms with van der Waals surface area (Å²) in [5.41, 5.74) is 0.134. The average Bonchev–Trinajstić information content (AvgIpc) is 2.76. The first-order valence-electron chi connectivity index (χ1n) is 5.29. The number of hydrogen-bond acceptors (Lipinski definition) is 2. The maximum atomic E-state index is 13.7. The van der Waals surface area contributed by atoms with Crippen LogP contribution in [-0.2, 0) is 6.54 Å². The fourth-order valence-corrected chi connectivity index (χ4v) is 1.79. The molecule has 0 bridgehead atoms. The summed E-state index contributed by atoms with van der Waals surface area (Å²) >= 11 is 5.79. The van der Waals surface area contributed by atoms with Crippen LogP contribution < -0.4 is 0 Å². The molecule has 2 rings (SSSR count). The Labute approximate surface area is 108 Å². The van der Waals surface area contributed by atoms with Crippen LogP contribution in [0, 0.1) is 5.82 Å². The summed E-state index contributed by atoms with van der Waals surface area (Å²) < 4.78 is 15.2. The molecule has 0 saturated carbocycles. The molecule has 2 aromatic rings. The molecule has 0 unspecified atom stereocenters. The van der Waals surface area contributed by atoms with Crippen molar-refractivity contribution in [2.45, 2.75) is 13.5 Å². The monoisotopic (exact) mass is 268 g/mol. The highest BCUT2D eigenvalue weighted by Gasteiger charge is 2.19. The molecule has 0 fully saturated rings. The maximum Gasteiger partial charge on any atom is 0.339 e. The Morgan fingerprint density at radius 1 is 1.56 bits per heavy atom. The summed E-state index contributed by atoms with van der Waals surface area (Å²) in [6.45, 7) is 2.32. The summed E-state index contributed by atoms with van der Waals surface area (Å²) in [6, 6.07) is 3.96. The van der Waals surface area contributed by atoms with Gasteiger partial charge in [-0.15, -0.1) is 0 Å². The Bertz CT molecular complexity index is 610. The Kier molecular flexibility index (Phi) is 3.34. The van der Waals surface area contributed by atoms with E-state index < -0.39 is 11.8 Å². The van der Waals surface area contributed by atoms with Crippen LogP contribution in [0.25, 0.3) is 11.3 Å². The molecule has 0 aliphatic rings. The zero-order chi connectivity index (χ0) is 13.3. The van der Waals surface area contributed by atoms with E-state index in [9.17, 15) is 9.18 Å².